The summed E-state index contributed by atoms with van der Waals surface area (Å²) >= 11 is 0. The zero-order valence-electron chi connectivity index (χ0n) is 7.78. The molecule has 0 saturated carbocycles. The second kappa shape index (κ2) is 5.72. The molecule has 0 heterocycles. The van der Waals surface area contributed by atoms with Gasteiger partial charge in [-0.2, -0.15) is 0 Å². The second-order valence-electron chi connectivity index (χ2n) is 3.11. The van der Waals surface area contributed by atoms with Gasteiger partial charge in [-0.05, 0) is 25.8 Å². The van der Waals surface area contributed by atoms with Crippen LogP contribution in [0.5, 0.6) is 0 Å². The average molecular weight is 143 g/mol. The Hall–Kier alpha value is -0.0400. The van der Waals surface area contributed by atoms with Gasteiger partial charge in [0.15, 0.2) is 0 Å². The van der Waals surface area contributed by atoms with Gasteiger partial charge in [0, 0.05) is 6.04 Å². The van der Waals surface area contributed by atoms with Gasteiger partial charge in [-0.15, -0.1) is 0 Å². The Kier molecular flexibility index (Phi) is 5.70. The lowest BCUT2D eigenvalue weighted by atomic mass is 9.98. The van der Waals surface area contributed by atoms with E-state index in [9.17, 15) is 0 Å². The molecule has 0 radical (unpaired) electrons. The van der Waals surface area contributed by atoms with Crippen molar-refractivity contribution in [1.82, 2.24) is 5.32 Å². The van der Waals surface area contributed by atoms with E-state index in [4.69, 9.17) is 0 Å². The standard InChI is InChI=1S/C9H21N/c1-5-7-8(3)9(4)10-6-2/h8-10H,5-7H2,1-4H3/t8-,9-/m1/s1. The summed E-state index contributed by atoms with van der Waals surface area (Å²) in [4.78, 5) is 0. The number of hydrogen-bond donors (Lipinski definition) is 1. The lowest BCUT2D eigenvalue weighted by Crippen LogP contribution is -2.31. The predicted octanol–water partition coefficient (Wildman–Crippen LogP) is 2.42. The Bertz CT molecular complexity index is 61.1. The Morgan fingerprint density at radius 2 is 1.80 bits per heavy atom. The van der Waals surface area contributed by atoms with Gasteiger partial charge in [0.2, 0.25) is 0 Å². The Balaban J connectivity index is 3.38. The van der Waals surface area contributed by atoms with Crippen LogP contribution in [-0.2, 0) is 0 Å². The van der Waals surface area contributed by atoms with Gasteiger partial charge in [-0.3, -0.25) is 0 Å². The third-order valence-electron chi connectivity index (χ3n) is 2.12. The van der Waals surface area contributed by atoms with Gasteiger partial charge in [0.05, 0.1) is 0 Å². The fraction of sp³-hybridized carbons (Fsp3) is 1.00. The lowest BCUT2D eigenvalue weighted by molar-refractivity contribution is 0.383. The molecule has 0 fully saturated rings. The zero-order chi connectivity index (χ0) is 7.98. The van der Waals surface area contributed by atoms with Crippen LogP contribution in [0.15, 0.2) is 0 Å². The molecule has 1 N–H and O–H groups in total. The molecule has 0 bridgehead atoms. The Morgan fingerprint density at radius 1 is 1.20 bits per heavy atom. The van der Waals surface area contributed by atoms with Crippen molar-refractivity contribution in [3.8, 4) is 0 Å². The van der Waals surface area contributed by atoms with Crippen molar-refractivity contribution in [2.75, 3.05) is 6.54 Å². The molecule has 0 aliphatic rings. The summed E-state index contributed by atoms with van der Waals surface area (Å²) in [5.41, 5.74) is 0. The van der Waals surface area contributed by atoms with E-state index in [1.807, 2.05) is 0 Å². The molecule has 0 amide bonds. The summed E-state index contributed by atoms with van der Waals surface area (Å²) < 4.78 is 0. The van der Waals surface area contributed by atoms with Gasteiger partial charge in [-0.1, -0.05) is 27.2 Å². The molecule has 1 nitrogen and oxygen atoms in total. The maximum absolute atomic E-state index is 3.43. The van der Waals surface area contributed by atoms with Gasteiger partial charge >= 0.3 is 0 Å². The minimum atomic E-state index is 0.685. The highest BCUT2D eigenvalue weighted by Gasteiger charge is 2.08. The first-order valence-electron chi connectivity index (χ1n) is 4.45. The number of rotatable bonds is 5. The summed E-state index contributed by atoms with van der Waals surface area (Å²) in [6, 6.07) is 0.685. The number of nitrogens with one attached hydrogen (secondary N) is 1. The molecule has 10 heavy (non-hydrogen) atoms. The van der Waals surface area contributed by atoms with Crippen LogP contribution in [-0.4, -0.2) is 12.6 Å². The molecular formula is C9H21N. The fourth-order valence-electron chi connectivity index (χ4n) is 1.23. The molecule has 1 heteroatoms. The van der Waals surface area contributed by atoms with Crippen LogP contribution in [0.4, 0.5) is 0 Å². The van der Waals surface area contributed by atoms with E-state index in [1.54, 1.807) is 0 Å². The highest BCUT2D eigenvalue weighted by molar-refractivity contribution is 4.66. The molecule has 0 unspecified atom stereocenters. The quantitative estimate of drug-likeness (QED) is 0.623. The van der Waals surface area contributed by atoms with Crippen molar-refractivity contribution in [2.24, 2.45) is 5.92 Å². The summed E-state index contributed by atoms with van der Waals surface area (Å²) in [5.74, 6) is 0.824. The van der Waals surface area contributed by atoms with Crippen LogP contribution < -0.4 is 5.32 Å². The molecule has 0 saturated heterocycles. The number of hydrogen-bond acceptors (Lipinski definition) is 1. The highest BCUT2D eigenvalue weighted by atomic mass is 14.9. The second-order valence-corrected chi connectivity index (χ2v) is 3.11. The van der Waals surface area contributed by atoms with E-state index in [0.717, 1.165) is 12.5 Å². The first-order valence-corrected chi connectivity index (χ1v) is 4.45. The summed E-state index contributed by atoms with van der Waals surface area (Å²) in [6.45, 7) is 10.1. The van der Waals surface area contributed by atoms with Gasteiger partial charge < -0.3 is 5.32 Å². The van der Waals surface area contributed by atoms with Crippen molar-refractivity contribution >= 4 is 0 Å². The molecular weight excluding hydrogens is 122 g/mol. The normalized spacial score (nSPS) is 16.8. The van der Waals surface area contributed by atoms with E-state index < -0.39 is 0 Å². The van der Waals surface area contributed by atoms with Crippen molar-refractivity contribution in [1.29, 1.82) is 0 Å². The monoisotopic (exact) mass is 143 g/mol. The highest BCUT2D eigenvalue weighted by Crippen LogP contribution is 2.09. The van der Waals surface area contributed by atoms with Crippen molar-refractivity contribution in [3.63, 3.8) is 0 Å². The SMILES string of the molecule is CCC[C@@H](C)[C@@H](C)NCC. The van der Waals surface area contributed by atoms with E-state index >= 15 is 0 Å². The largest absolute Gasteiger partial charge is 0.314 e. The molecule has 0 aromatic carbocycles. The molecule has 0 spiro atoms. The maximum Gasteiger partial charge on any atom is 0.00642 e. The van der Waals surface area contributed by atoms with Crippen LogP contribution in [0, 0.1) is 5.92 Å². The van der Waals surface area contributed by atoms with E-state index in [0.29, 0.717) is 6.04 Å². The zero-order valence-corrected chi connectivity index (χ0v) is 7.78. The fourth-order valence-corrected chi connectivity index (χ4v) is 1.23. The molecule has 62 valence electrons. The minimum Gasteiger partial charge on any atom is -0.314 e. The third-order valence-corrected chi connectivity index (χ3v) is 2.12. The average Bonchev–Trinajstić information content (AvgIpc) is 1.89. The van der Waals surface area contributed by atoms with Gasteiger partial charge in [-0.25, -0.2) is 0 Å². The van der Waals surface area contributed by atoms with Crippen LogP contribution in [0.25, 0.3) is 0 Å². The van der Waals surface area contributed by atoms with E-state index in [1.165, 1.54) is 12.8 Å². The molecule has 0 aromatic heterocycles. The lowest BCUT2D eigenvalue weighted by Gasteiger charge is -2.19. The van der Waals surface area contributed by atoms with Gasteiger partial charge in [0.1, 0.15) is 0 Å². The van der Waals surface area contributed by atoms with Crippen molar-refractivity contribution in [3.05, 3.63) is 0 Å². The summed E-state index contributed by atoms with van der Waals surface area (Å²) in [7, 11) is 0. The summed E-state index contributed by atoms with van der Waals surface area (Å²) in [6.07, 6.45) is 2.64. The molecule has 0 aliphatic heterocycles. The van der Waals surface area contributed by atoms with Crippen molar-refractivity contribution < 1.29 is 0 Å². The topological polar surface area (TPSA) is 12.0 Å². The van der Waals surface area contributed by atoms with Gasteiger partial charge in [0.25, 0.3) is 0 Å². The van der Waals surface area contributed by atoms with Crippen LogP contribution >= 0.6 is 0 Å². The van der Waals surface area contributed by atoms with Crippen LogP contribution in [0.3, 0.4) is 0 Å². The first kappa shape index (κ1) is 9.96. The van der Waals surface area contributed by atoms with Crippen LogP contribution in [0.1, 0.15) is 40.5 Å². The first-order chi connectivity index (χ1) is 4.72. The Labute approximate surface area is 65.2 Å². The van der Waals surface area contributed by atoms with Crippen molar-refractivity contribution in [2.45, 2.75) is 46.6 Å². The predicted molar refractivity (Wildman–Crippen MR) is 47.2 cm³/mol. The minimum absolute atomic E-state index is 0.685. The summed E-state index contributed by atoms with van der Waals surface area (Å²) in [5, 5.41) is 3.43. The maximum atomic E-state index is 3.43. The molecule has 0 aliphatic carbocycles. The smallest absolute Gasteiger partial charge is 0.00642 e. The molecule has 2 atom stereocenters. The van der Waals surface area contributed by atoms with E-state index in [-0.39, 0.29) is 0 Å². The molecule has 0 aromatic rings. The third kappa shape index (κ3) is 3.89. The van der Waals surface area contributed by atoms with Crippen LogP contribution in [0.2, 0.25) is 0 Å². The molecule has 0 rings (SSSR count). The Morgan fingerprint density at radius 3 is 2.20 bits per heavy atom. The van der Waals surface area contributed by atoms with E-state index in [2.05, 4.69) is 33.0 Å².